The molecular weight excluding hydrogens is 246 g/mol. The van der Waals surface area contributed by atoms with Gasteiger partial charge in [-0.05, 0) is 25.0 Å². The second kappa shape index (κ2) is 4.76. The molecule has 18 heavy (non-hydrogen) atoms. The predicted octanol–water partition coefficient (Wildman–Crippen LogP) is 2.86. The summed E-state index contributed by atoms with van der Waals surface area (Å²) in [6.07, 6.45) is 3.52. The first-order chi connectivity index (χ1) is 8.75. The molecule has 94 valence electrons. The largest absolute Gasteiger partial charge is 0.324 e. The number of nitrogens with one attached hydrogen (secondary N) is 1. The van der Waals surface area contributed by atoms with Crippen LogP contribution < -0.4 is 5.32 Å². The third-order valence-electron chi connectivity index (χ3n) is 3.62. The predicted molar refractivity (Wildman–Crippen MR) is 71.7 cm³/mol. The van der Waals surface area contributed by atoms with Gasteiger partial charge in [0.05, 0.1) is 10.9 Å². The van der Waals surface area contributed by atoms with Crippen LogP contribution >= 0.6 is 11.8 Å². The molecule has 1 aliphatic carbocycles. The van der Waals surface area contributed by atoms with E-state index in [1.807, 2.05) is 24.3 Å². The quantitative estimate of drug-likeness (QED) is 0.845. The van der Waals surface area contributed by atoms with E-state index in [2.05, 4.69) is 5.32 Å². The molecule has 2 aliphatic rings. The number of hydrogen-bond acceptors (Lipinski definition) is 3. The van der Waals surface area contributed by atoms with E-state index in [-0.39, 0.29) is 22.9 Å². The molecule has 1 heterocycles. The molecular formula is C14H15NO2S. The van der Waals surface area contributed by atoms with Crippen LogP contribution in [0.25, 0.3) is 0 Å². The van der Waals surface area contributed by atoms with Crippen LogP contribution in [0.2, 0.25) is 0 Å². The van der Waals surface area contributed by atoms with Gasteiger partial charge >= 0.3 is 0 Å². The number of hydrogen-bond donors (Lipinski definition) is 1. The molecule has 1 aromatic rings. The summed E-state index contributed by atoms with van der Waals surface area (Å²) < 4.78 is 0. The lowest BCUT2D eigenvalue weighted by Gasteiger charge is -2.31. The topological polar surface area (TPSA) is 46.2 Å². The summed E-state index contributed by atoms with van der Waals surface area (Å²) in [6.45, 7) is 0. The van der Waals surface area contributed by atoms with Crippen LogP contribution in [0, 0.1) is 5.92 Å². The number of anilines is 1. The third kappa shape index (κ3) is 2.05. The number of ketones is 1. The Morgan fingerprint density at radius 2 is 2.00 bits per heavy atom. The van der Waals surface area contributed by atoms with Crippen molar-refractivity contribution < 1.29 is 9.59 Å². The Hall–Kier alpha value is -1.29. The highest BCUT2D eigenvalue weighted by Gasteiger charge is 2.38. The van der Waals surface area contributed by atoms with Gasteiger partial charge in [-0.25, -0.2) is 0 Å². The number of Topliss-reactive ketones (excluding diaryl/α,β-unsaturated/α-hetero) is 1. The molecule has 1 aliphatic heterocycles. The normalized spacial score (nSPS) is 27.6. The lowest BCUT2D eigenvalue weighted by atomic mass is 9.85. The zero-order chi connectivity index (χ0) is 12.5. The lowest BCUT2D eigenvalue weighted by molar-refractivity contribution is -0.128. The molecule has 1 saturated carbocycles. The minimum absolute atomic E-state index is 0.0149. The van der Waals surface area contributed by atoms with Crippen LogP contribution in [-0.2, 0) is 9.59 Å². The lowest BCUT2D eigenvalue weighted by Crippen LogP contribution is -2.39. The third-order valence-corrected chi connectivity index (χ3v) is 5.03. The van der Waals surface area contributed by atoms with Gasteiger partial charge in [0.25, 0.3) is 0 Å². The van der Waals surface area contributed by atoms with E-state index in [4.69, 9.17) is 0 Å². The number of fused-ring (bicyclic) bond motifs is 1. The Morgan fingerprint density at radius 3 is 2.83 bits per heavy atom. The van der Waals surface area contributed by atoms with Crippen LogP contribution in [0.3, 0.4) is 0 Å². The van der Waals surface area contributed by atoms with E-state index in [9.17, 15) is 9.59 Å². The smallest absolute Gasteiger partial charge is 0.238 e. The number of carbonyl (C=O) groups excluding carboxylic acids is 2. The maximum atomic E-state index is 12.1. The fourth-order valence-corrected chi connectivity index (χ4v) is 3.96. The van der Waals surface area contributed by atoms with E-state index >= 15 is 0 Å². The SMILES string of the molecule is O=C1CCCCC1C1Sc2ccccc2NC1=O. The maximum Gasteiger partial charge on any atom is 0.238 e. The number of benzene rings is 1. The standard InChI is InChI=1S/C14H15NO2S/c16-11-7-3-1-5-9(11)13-14(17)15-10-6-2-4-8-12(10)18-13/h2,4,6,8-9,13H,1,3,5,7H2,(H,15,17). The minimum atomic E-state index is -0.243. The van der Waals surface area contributed by atoms with E-state index in [0.717, 1.165) is 29.8 Å². The molecule has 3 nitrogen and oxygen atoms in total. The minimum Gasteiger partial charge on any atom is -0.324 e. The average Bonchev–Trinajstić information content (AvgIpc) is 2.39. The monoisotopic (exact) mass is 261 g/mol. The Balaban J connectivity index is 1.86. The Labute approximate surface area is 110 Å². The van der Waals surface area contributed by atoms with Gasteiger partial charge in [-0.15, -0.1) is 11.8 Å². The Kier molecular flexibility index (Phi) is 3.12. The molecule has 0 aromatic heterocycles. The molecule has 4 heteroatoms. The van der Waals surface area contributed by atoms with E-state index in [1.54, 1.807) is 11.8 Å². The van der Waals surface area contributed by atoms with Crippen LogP contribution in [-0.4, -0.2) is 16.9 Å². The molecule has 0 saturated heterocycles. The van der Waals surface area contributed by atoms with Crippen LogP contribution in [0.5, 0.6) is 0 Å². The summed E-state index contributed by atoms with van der Waals surface area (Å²) >= 11 is 1.54. The number of carbonyl (C=O) groups is 2. The van der Waals surface area contributed by atoms with Crippen molar-refractivity contribution in [3.05, 3.63) is 24.3 Å². The van der Waals surface area contributed by atoms with Gasteiger partial charge in [-0.1, -0.05) is 18.6 Å². The van der Waals surface area contributed by atoms with Gasteiger partial charge in [-0.3, -0.25) is 9.59 Å². The highest BCUT2D eigenvalue weighted by Crippen LogP contribution is 2.41. The van der Waals surface area contributed by atoms with Crippen molar-refractivity contribution in [2.45, 2.75) is 35.8 Å². The summed E-state index contributed by atoms with van der Waals surface area (Å²) in [5.74, 6) is 0.143. The molecule has 1 fully saturated rings. The van der Waals surface area contributed by atoms with Crippen LogP contribution in [0.4, 0.5) is 5.69 Å². The first-order valence-electron chi connectivity index (χ1n) is 6.35. The number of thioether (sulfide) groups is 1. The molecule has 1 N–H and O–H groups in total. The summed E-state index contributed by atoms with van der Waals surface area (Å²) in [5.41, 5.74) is 0.868. The molecule has 0 spiro atoms. The molecule has 1 aromatic carbocycles. The zero-order valence-corrected chi connectivity index (χ0v) is 10.8. The van der Waals surface area contributed by atoms with Crippen molar-refractivity contribution in [2.24, 2.45) is 5.92 Å². The fraction of sp³-hybridized carbons (Fsp3) is 0.429. The molecule has 2 atom stereocenters. The average molecular weight is 261 g/mol. The van der Waals surface area contributed by atoms with Gasteiger partial charge in [-0.2, -0.15) is 0 Å². The van der Waals surface area contributed by atoms with Gasteiger partial charge in [0.15, 0.2) is 0 Å². The second-order valence-corrected chi connectivity index (χ2v) is 6.03. The Morgan fingerprint density at radius 1 is 1.17 bits per heavy atom. The molecule has 2 unspecified atom stereocenters. The van der Waals surface area contributed by atoms with Crippen molar-refractivity contribution in [1.82, 2.24) is 0 Å². The summed E-state index contributed by atoms with van der Waals surface area (Å²) in [6, 6.07) is 7.77. The molecule has 3 rings (SSSR count). The van der Waals surface area contributed by atoms with Gasteiger partial charge in [0, 0.05) is 17.2 Å². The van der Waals surface area contributed by atoms with Crippen molar-refractivity contribution in [3.8, 4) is 0 Å². The van der Waals surface area contributed by atoms with Gasteiger partial charge in [0.2, 0.25) is 5.91 Å². The second-order valence-electron chi connectivity index (χ2n) is 4.84. The summed E-state index contributed by atoms with van der Waals surface area (Å²) in [4.78, 5) is 25.1. The molecule has 0 bridgehead atoms. The van der Waals surface area contributed by atoms with Crippen LogP contribution in [0.15, 0.2) is 29.2 Å². The zero-order valence-electron chi connectivity index (χ0n) is 10.0. The summed E-state index contributed by atoms with van der Waals surface area (Å²) in [7, 11) is 0. The first-order valence-corrected chi connectivity index (χ1v) is 7.23. The van der Waals surface area contributed by atoms with Gasteiger partial charge < -0.3 is 5.32 Å². The highest BCUT2D eigenvalue weighted by molar-refractivity contribution is 8.01. The highest BCUT2D eigenvalue weighted by atomic mass is 32.2. The number of para-hydroxylation sites is 1. The Bertz CT molecular complexity index is 500. The van der Waals surface area contributed by atoms with Gasteiger partial charge in [0.1, 0.15) is 5.78 Å². The van der Waals surface area contributed by atoms with E-state index in [1.165, 1.54) is 0 Å². The van der Waals surface area contributed by atoms with Crippen molar-refractivity contribution >= 4 is 29.1 Å². The molecule has 0 radical (unpaired) electrons. The van der Waals surface area contributed by atoms with E-state index in [0.29, 0.717) is 6.42 Å². The van der Waals surface area contributed by atoms with Crippen molar-refractivity contribution in [2.75, 3.05) is 5.32 Å². The van der Waals surface area contributed by atoms with Crippen LogP contribution in [0.1, 0.15) is 25.7 Å². The van der Waals surface area contributed by atoms with Crippen molar-refractivity contribution in [1.29, 1.82) is 0 Å². The summed E-state index contributed by atoms with van der Waals surface area (Å²) in [5, 5.41) is 2.67. The van der Waals surface area contributed by atoms with E-state index < -0.39 is 0 Å². The number of rotatable bonds is 1. The molecule has 1 amide bonds. The van der Waals surface area contributed by atoms with Crippen molar-refractivity contribution in [3.63, 3.8) is 0 Å². The fourth-order valence-electron chi connectivity index (χ4n) is 2.66. The first kappa shape index (κ1) is 11.8. The number of amides is 1. The maximum absolute atomic E-state index is 12.1.